The zero-order chi connectivity index (χ0) is 12.7. The van der Waals surface area contributed by atoms with Crippen molar-refractivity contribution in [3.05, 3.63) is 0 Å². The molecule has 3 nitrogen and oxygen atoms in total. The smallest absolute Gasteiger partial charge is 0.0443 e. The van der Waals surface area contributed by atoms with Crippen LogP contribution in [0.4, 0.5) is 0 Å². The van der Waals surface area contributed by atoms with Gasteiger partial charge in [0.15, 0.2) is 0 Å². The van der Waals surface area contributed by atoms with E-state index in [-0.39, 0.29) is 0 Å². The molecule has 0 aromatic heterocycles. The van der Waals surface area contributed by atoms with Gasteiger partial charge in [-0.05, 0) is 44.7 Å². The fourth-order valence-electron chi connectivity index (χ4n) is 3.27. The van der Waals surface area contributed by atoms with Crippen LogP contribution in [0.3, 0.4) is 0 Å². The molecule has 3 unspecified atom stereocenters. The molecule has 17 heavy (non-hydrogen) atoms. The van der Waals surface area contributed by atoms with Crippen molar-refractivity contribution >= 4 is 0 Å². The summed E-state index contributed by atoms with van der Waals surface area (Å²) in [5, 5.41) is 8.92. The highest BCUT2D eigenvalue weighted by atomic mass is 16.3. The van der Waals surface area contributed by atoms with Crippen molar-refractivity contribution in [1.29, 1.82) is 0 Å². The SMILES string of the molecule is CCCC1CCC(CN)C(N(C)CCCO)C1. The molecule has 3 atom stereocenters. The van der Waals surface area contributed by atoms with Crippen molar-refractivity contribution in [2.75, 3.05) is 26.7 Å². The van der Waals surface area contributed by atoms with Crippen LogP contribution in [0.15, 0.2) is 0 Å². The van der Waals surface area contributed by atoms with E-state index >= 15 is 0 Å². The van der Waals surface area contributed by atoms with Gasteiger partial charge in [-0.15, -0.1) is 0 Å². The first-order valence-corrected chi connectivity index (χ1v) is 7.24. The normalized spacial score (nSPS) is 29.8. The lowest BCUT2D eigenvalue weighted by Gasteiger charge is -2.41. The third kappa shape index (κ3) is 4.57. The van der Waals surface area contributed by atoms with E-state index < -0.39 is 0 Å². The van der Waals surface area contributed by atoms with E-state index in [1.54, 1.807) is 0 Å². The summed E-state index contributed by atoms with van der Waals surface area (Å²) in [6.07, 6.45) is 7.49. The van der Waals surface area contributed by atoms with Crippen LogP contribution in [-0.4, -0.2) is 42.8 Å². The van der Waals surface area contributed by atoms with E-state index in [2.05, 4.69) is 18.9 Å². The first-order chi connectivity index (χ1) is 8.22. The summed E-state index contributed by atoms with van der Waals surface area (Å²) in [4.78, 5) is 2.43. The standard InChI is InChI=1S/C14H30N2O/c1-3-5-12-6-7-13(11-15)14(10-12)16(2)8-4-9-17/h12-14,17H,3-11,15H2,1-2H3. The average Bonchev–Trinajstić information content (AvgIpc) is 2.36. The second kappa shape index (κ2) is 8.06. The summed E-state index contributed by atoms with van der Waals surface area (Å²) in [5.41, 5.74) is 5.90. The molecule has 3 heteroatoms. The van der Waals surface area contributed by atoms with Crippen LogP contribution in [0.5, 0.6) is 0 Å². The lowest BCUT2D eigenvalue weighted by molar-refractivity contribution is 0.0941. The van der Waals surface area contributed by atoms with Crippen molar-refractivity contribution in [1.82, 2.24) is 4.90 Å². The summed E-state index contributed by atoms with van der Waals surface area (Å²) in [5.74, 6) is 1.55. The number of rotatable bonds is 7. The fraction of sp³-hybridized carbons (Fsp3) is 1.00. The molecule has 1 rings (SSSR count). The Balaban J connectivity index is 2.49. The van der Waals surface area contributed by atoms with Crippen molar-refractivity contribution in [2.24, 2.45) is 17.6 Å². The van der Waals surface area contributed by atoms with Crippen LogP contribution in [0.2, 0.25) is 0 Å². The van der Waals surface area contributed by atoms with Crippen LogP contribution < -0.4 is 5.73 Å². The molecular formula is C14H30N2O. The predicted molar refractivity (Wildman–Crippen MR) is 72.9 cm³/mol. The van der Waals surface area contributed by atoms with Gasteiger partial charge in [-0.25, -0.2) is 0 Å². The summed E-state index contributed by atoms with van der Waals surface area (Å²) in [7, 11) is 2.19. The van der Waals surface area contributed by atoms with Gasteiger partial charge in [0, 0.05) is 19.2 Å². The number of aliphatic hydroxyl groups excluding tert-OH is 1. The molecule has 0 bridgehead atoms. The molecule has 0 saturated heterocycles. The summed E-state index contributed by atoms with van der Waals surface area (Å²) in [6, 6.07) is 0.636. The van der Waals surface area contributed by atoms with E-state index in [0.717, 1.165) is 25.4 Å². The second-order valence-electron chi connectivity index (χ2n) is 5.59. The molecular weight excluding hydrogens is 212 g/mol. The molecule has 0 aliphatic heterocycles. The molecule has 0 spiro atoms. The molecule has 0 heterocycles. The van der Waals surface area contributed by atoms with Gasteiger partial charge in [0.2, 0.25) is 0 Å². The van der Waals surface area contributed by atoms with Crippen LogP contribution in [0.1, 0.15) is 45.4 Å². The number of nitrogens with two attached hydrogens (primary N) is 1. The molecule has 0 aromatic carbocycles. The molecule has 0 radical (unpaired) electrons. The molecule has 1 saturated carbocycles. The first kappa shape index (κ1) is 14.9. The Morgan fingerprint density at radius 1 is 1.35 bits per heavy atom. The van der Waals surface area contributed by atoms with Crippen LogP contribution >= 0.6 is 0 Å². The van der Waals surface area contributed by atoms with Crippen molar-refractivity contribution < 1.29 is 5.11 Å². The van der Waals surface area contributed by atoms with E-state index in [4.69, 9.17) is 10.8 Å². The van der Waals surface area contributed by atoms with Crippen molar-refractivity contribution in [3.63, 3.8) is 0 Å². The lowest BCUT2D eigenvalue weighted by Crippen LogP contribution is -2.45. The number of nitrogens with zero attached hydrogens (tertiary/aromatic N) is 1. The topological polar surface area (TPSA) is 49.5 Å². The minimum Gasteiger partial charge on any atom is -0.396 e. The highest BCUT2D eigenvalue weighted by Gasteiger charge is 2.31. The maximum Gasteiger partial charge on any atom is 0.0443 e. The first-order valence-electron chi connectivity index (χ1n) is 7.24. The molecule has 102 valence electrons. The third-order valence-corrected chi connectivity index (χ3v) is 4.30. The van der Waals surface area contributed by atoms with Gasteiger partial charge in [0.05, 0.1) is 0 Å². The van der Waals surface area contributed by atoms with Gasteiger partial charge in [0.1, 0.15) is 0 Å². The average molecular weight is 242 g/mol. The summed E-state index contributed by atoms with van der Waals surface area (Å²) >= 11 is 0. The highest BCUT2D eigenvalue weighted by Crippen LogP contribution is 2.33. The Kier molecular flexibility index (Phi) is 7.09. The van der Waals surface area contributed by atoms with Gasteiger partial charge in [-0.3, -0.25) is 0 Å². The van der Waals surface area contributed by atoms with Gasteiger partial charge < -0.3 is 15.7 Å². The molecule has 3 N–H and O–H groups in total. The predicted octanol–water partition coefficient (Wildman–Crippen LogP) is 1.84. The van der Waals surface area contributed by atoms with E-state index in [9.17, 15) is 0 Å². The quantitative estimate of drug-likeness (QED) is 0.716. The van der Waals surface area contributed by atoms with Crippen LogP contribution in [0, 0.1) is 11.8 Å². The summed E-state index contributed by atoms with van der Waals surface area (Å²) < 4.78 is 0. The molecule has 0 aromatic rings. The molecule has 1 fully saturated rings. The van der Waals surface area contributed by atoms with Crippen LogP contribution in [-0.2, 0) is 0 Å². The Bertz CT molecular complexity index is 199. The zero-order valence-electron chi connectivity index (χ0n) is 11.6. The third-order valence-electron chi connectivity index (χ3n) is 4.30. The van der Waals surface area contributed by atoms with E-state index in [1.807, 2.05) is 0 Å². The number of hydrogen-bond donors (Lipinski definition) is 2. The zero-order valence-corrected chi connectivity index (χ0v) is 11.6. The monoisotopic (exact) mass is 242 g/mol. The molecule has 1 aliphatic carbocycles. The highest BCUT2D eigenvalue weighted by molar-refractivity contribution is 4.86. The minimum absolute atomic E-state index is 0.294. The van der Waals surface area contributed by atoms with Crippen molar-refractivity contribution in [3.8, 4) is 0 Å². The van der Waals surface area contributed by atoms with Crippen LogP contribution in [0.25, 0.3) is 0 Å². The Morgan fingerprint density at radius 2 is 2.12 bits per heavy atom. The number of aliphatic hydroxyl groups is 1. The largest absolute Gasteiger partial charge is 0.396 e. The Hall–Kier alpha value is -0.120. The van der Waals surface area contributed by atoms with Gasteiger partial charge in [0.25, 0.3) is 0 Å². The maximum absolute atomic E-state index is 8.92. The van der Waals surface area contributed by atoms with E-state index in [0.29, 0.717) is 18.6 Å². The Morgan fingerprint density at radius 3 is 2.71 bits per heavy atom. The number of hydrogen-bond acceptors (Lipinski definition) is 3. The van der Waals surface area contributed by atoms with Gasteiger partial charge in [-0.1, -0.05) is 26.2 Å². The minimum atomic E-state index is 0.294. The fourth-order valence-corrected chi connectivity index (χ4v) is 3.27. The molecule has 1 aliphatic rings. The van der Waals surface area contributed by atoms with Crippen molar-refractivity contribution in [2.45, 2.75) is 51.5 Å². The summed E-state index contributed by atoms with van der Waals surface area (Å²) in [6.45, 7) is 4.38. The lowest BCUT2D eigenvalue weighted by atomic mass is 9.76. The molecule has 0 amide bonds. The van der Waals surface area contributed by atoms with Gasteiger partial charge in [-0.2, -0.15) is 0 Å². The second-order valence-corrected chi connectivity index (χ2v) is 5.59. The maximum atomic E-state index is 8.92. The Labute approximate surface area is 106 Å². The van der Waals surface area contributed by atoms with E-state index in [1.165, 1.54) is 32.1 Å². The van der Waals surface area contributed by atoms with Gasteiger partial charge >= 0.3 is 0 Å².